The minimum atomic E-state index is -0.500. The van der Waals surface area contributed by atoms with E-state index in [0.29, 0.717) is 28.5 Å². The van der Waals surface area contributed by atoms with E-state index in [9.17, 15) is 9.18 Å². The van der Waals surface area contributed by atoms with E-state index in [0.717, 1.165) is 5.56 Å². The summed E-state index contributed by atoms with van der Waals surface area (Å²) in [5.41, 5.74) is 2.80. The van der Waals surface area contributed by atoms with E-state index >= 15 is 0 Å². The van der Waals surface area contributed by atoms with Crippen molar-refractivity contribution in [2.75, 3.05) is 0 Å². The first-order valence-electron chi connectivity index (χ1n) is 7.90. The highest BCUT2D eigenvalue weighted by Crippen LogP contribution is 2.27. The molecule has 4 nitrogen and oxygen atoms in total. The summed E-state index contributed by atoms with van der Waals surface area (Å²) in [6.07, 6.45) is 0. The number of halogens is 1. The third kappa shape index (κ3) is 4.03. The van der Waals surface area contributed by atoms with Crippen LogP contribution in [0.2, 0.25) is 0 Å². The van der Waals surface area contributed by atoms with Crippen molar-refractivity contribution in [1.29, 1.82) is 0 Å². The van der Waals surface area contributed by atoms with E-state index in [1.54, 1.807) is 19.1 Å². The molecule has 0 aromatic heterocycles. The van der Waals surface area contributed by atoms with Crippen LogP contribution < -0.4 is 16.0 Å². The first-order chi connectivity index (χ1) is 12.0. The van der Waals surface area contributed by atoms with Gasteiger partial charge in [0, 0.05) is 12.2 Å². The Morgan fingerprint density at radius 2 is 1.96 bits per heavy atom. The highest BCUT2D eigenvalue weighted by molar-refractivity contribution is 7.80. The molecule has 3 rings (SSSR count). The fourth-order valence-electron chi connectivity index (χ4n) is 2.80. The van der Waals surface area contributed by atoms with Crippen molar-refractivity contribution in [3.63, 3.8) is 0 Å². The minimum absolute atomic E-state index is 0.224. The molecule has 0 aliphatic carbocycles. The first kappa shape index (κ1) is 17.1. The van der Waals surface area contributed by atoms with Crippen LogP contribution >= 0.6 is 12.2 Å². The van der Waals surface area contributed by atoms with Crippen molar-refractivity contribution < 1.29 is 9.18 Å². The van der Waals surface area contributed by atoms with Crippen LogP contribution in [0.1, 0.15) is 24.1 Å². The minimum Gasteiger partial charge on any atom is -0.351 e. The topological polar surface area (TPSA) is 53.2 Å². The van der Waals surface area contributed by atoms with Crippen LogP contribution in [0.5, 0.6) is 0 Å². The molecule has 25 heavy (non-hydrogen) atoms. The molecule has 0 unspecified atom stereocenters. The molecule has 1 aliphatic heterocycles. The third-order valence-electron chi connectivity index (χ3n) is 3.99. The molecule has 2 aromatic carbocycles. The molecule has 0 radical (unpaired) electrons. The van der Waals surface area contributed by atoms with Gasteiger partial charge in [-0.3, -0.25) is 4.79 Å². The number of amides is 1. The van der Waals surface area contributed by atoms with Gasteiger partial charge in [0.1, 0.15) is 5.82 Å². The highest BCUT2D eigenvalue weighted by atomic mass is 32.1. The summed E-state index contributed by atoms with van der Waals surface area (Å²) < 4.78 is 13.6. The predicted molar refractivity (Wildman–Crippen MR) is 99.0 cm³/mol. The summed E-state index contributed by atoms with van der Waals surface area (Å²) in [6, 6.07) is 15.3. The van der Waals surface area contributed by atoms with Crippen molar-refractivity contribution in [2.24, 2.45) is 0 Å². The zero-order valence-electron chi connectivity index (χ0n) is 13.7. The second kappa shape index (κ2) is 7.44. The predicted octanol–water partition coefficient (Wildman–Crippen LogP) is 2.93. The molecule has 0 bridgehead atoms. The Balaban J connectivity index is 1.85. The number of benzene rings is 2. The molecule has 1 atom stereocenters. The second-order valence-electron chi connectivity index (χ2n) is 5.79. The molecule has 3 N–H and O–H groups in total. The molecule has 1 amide bonds. The first-order valence-corrected chi connectivity index (χ1v) is 8.31. The van der Waals surface area contributed by atoms with Crippen LogP contribution in [-0.4, -0.2) is 11.0 Å². The van der Waals surface area contributed by atoms with E-state index < -0.39 is 6.04 Å². The number of thiocarbonyl (C=S) groups is 1. The quantitative estimate of drug-likeness (QED) is 0.738. The summed E-state index contributed by atoms with van der Waals surface area (Å²) >= 11 is 5.19. The average molecular weight is 355 g/mol. The van der Waals surface area contributed by atoms with Crippen molar-refractivity contribution >= 4 is 23.2 Å². The number of rotatable bonds is 4. The van der Waals surface area contributed by atoms with Crippen LogP contribution in [0.25, 0.3) is 0 Å². The lowest BCUT2D eigenvalue weighted by molar-refractivity contribution is -0.118. The molecule has 0 saturated heterocycles. The number of carbonyl (C=O) groups is 1. The second-order valence-corrected chi connectivity index (χ2v) is 6.20. The molecule has 6 heteroatoms. The Labute approximate surface area is 151 Å². The SMILES string of the molecule is CC1=C(C(=O)NCc2ccccc2)[C@H](c2cccc(F)c2)NC(=S)N1. The van der Waals surface area contributed by atoms with Crippen molar-refractivity contribution in [3.05, 3.63) is 82.8 Å². The highest BCUT2D eigenvalue weighted by Gasteiger charge is 2.29. The zero-order valence-corrected chi connectivity index (χ0v) is 14.5. The van der Waals surface area contributed by atoms with E-state index in [-0.39, 0.29) is 11.7 Å². The van der Waals surface area contributed by atoms with Gasteiger partial charge in [-0.1, -0.05) is 42.5 Å². The number of carbonyl (C=O) groups excluding carboxylic acids is 1. The molecular weight excluding hydrogens is 337 g/mol. The smallest absolute Gasteiger partial charge is 0.251 e. The van der Waals surface area contributed by atoms with Gasteiger partial charge in [0.05, 0.1) is 11.6 Å². The molecule has 2 aromatic rings. The van der Waals surface area contributed by atoms with Gasteiger partial charge < -0.3 is 16.0 Å². The summed E-state index contributed by atoms with van der Waals surface area (Å²) in [4.78, 5) is 12.8. The van der Waals surface area contributed by atoms with E-state index in [4.69, 9.17) is 12.2 Å². The van der Waals surface area contributed by atoms with Gasteiger partial charge in [-0.15, -0.1) is 0 Å². The van der Waals surface area contributed by atoms with Crippen LogP contribution in [0.3, 0.4) is 0 Å². The maximum Gasteiger partial charge on any atom is 0.251 e. The number of hydrogen-bond donors (Lipinski definition) is 3. The summed E-state index contributed by atoms with van der Waals surface area (Å²) in [6.45, 7) is 2.20. The third-order valence-corrected chi connectivity index (χ3v) is 4.21. The lowest BCUT2D eigenvalue weighted by atomic mass is 9.95. The lowest BCUT2D eigenvalue weighted by Gasteiger charge is -2.30. The standard InChI is InChI=1S/C19H18FN3OS/c1-12-16(18(24)21-11-13-6-3-2-4-7-13)17(23-19(25)22-12)14-8-5-9-15(20)10-14/h2-10,17H,11H2,1H3,(H,21,24)(H2,22,23,25)/t17-/m0/s1. The zero-order chi connectivity index (χ0) is 17.8. The fraction of sp³-hybridized carbons (Fsp3) is 0.158. The maximum atomic E-state index is 13.6. The van der Waals surface area contributed by atoms with Gasteiger partial charge in [0.15, 0.2) is 5.11 Å². The Morgan fingerprint density at radius 3 is 2.68 bits per heavy atom. The van der Waals surface area contributed by atoms with Crippen LogP contribution in [0, 0.1) is 5.82 Å². The lowest BCUT2D eigenvalue weighted by Crippen LogP contribution is -2.46. The Bertz CT molecular complexity index is 836. The number of hydrogen-bond acceptors (Lipinski definition) is 2. The van der Waals surface area contributed by atoms with Crippen molar-refractivity contribution in [1.82, 2.24) is 16.0 Å². The van der Waals surface area contributed by atoms with Gasteiger partial charge in [0.2, 0.25) is 0 Å². The summed E-state index contributed by atoms with van der Waals surface area (Å²) in [5, 5.41) is 9.35. The average Bonchev–Trinajstić information content (AvgIpc) is 2.60. The summed E-state index contributed by atoms with van der Waals surface area (Å²) in [5.74, 6) is -0.580. The van der Waals surface area contributed by atoms with E-state index in [1.165, 1.54) is 12.1 Å². The molecule has 0 fully saturated rings. The van der Waals surface area contributed by atoms with Crippen LogP contribution in [0.15, 0.2) is 65.9 Å². The molecule has 1 aliphatic rings. The normalized spacial score (nSPS) is 16.9. The number of allylic oxidation sites excluding steroid dienone is 1. The van der Waals surface area contributed by atoms with Crippen LogP contribution in [0.4, 0.5) is 4.39 Å². The van der Waals surface area contributed by atoms with E-state index in [2.05, 4.69) is 16.0 Å². The monoisotopic (exact) mass is 355 g/mol. The number of nitrogens with one attached hydrogen (secondary N) is 3. The van der Waals surface area contributed by atoms with Gasteiger partial charge in [0.25, 0.3) is 5.91 Å². The molecule has 1 heterocycles. The van der Waals surface area contributed by atoms with Gasteiger partial charge in [-0.05, 0) is 42.4 Å². The van der Waals surface area contributed by atoms with Gasteiger partial charge in [-0.2, -0.15) is 0 Å². The Kier molecular flexibility index (Phi) is 5.09. The Morgan fingerprint density at radius 1 is 1.20 bits per heavy atom. The molecule has 0 spiro atoms. The molecular formula is C19H18FN3OS. The molecule has 0 saturated carbocycles. The maximum absolute atomic E-state index is 13.6. The summed E-state index contributed by atoms with van der Waals surface area (Å²) in [7, 11) is 0. The largest absolute Gasteiger partial charge is 0.351 e. The molecule has 128 valence electrons. The van der Waals surface area contributed by atoms with Gasteiger partial charge in [-0.25, -0.2) is 4.39 Å². The van der Waals surface area contributed by atoms with Crippen molar-refractivity contribution in [3.8, 4) is 0 Å². The Hall–Kier alpha value is -2.73. The fourth-order valence-corrected chi connectivity index (χ4v) is 3.08. The van der Waals surface area contributed by atoms with Crippen molar-refractivity contribution in [2.45, 2.75) is 19.5 Å². The van der Waals surface area contributed by atoms with Gasteiger partial charge >= 0.3 is 0 Å². The van der Waals surface area contributed by atoms with Crippen LogP contribution in [-0.2, 0) is 11.3 Å². The van der Waals surface area contributed by atoms with E-state index in [1.807, 2.05) is 30.3 Å².